The summed E-state index contributed by atoms with van der Waals surface area (Å²) in [7, 11) is 1.64. The van der Waals surface area contributed by atoms with Crippen LogP contribution in [-0.2, 0) is 14.3 Å². The van der Waals surface area contributed by atoms with Crippen molar-refractivity contribution in [3.8, 4) is 0 Å². The van der Waals surface area contributed by atoms with E-state index in [4.69, 9.17) is 4.74 Å². The molecule has 0 aliphatic rings. The summed E-state index contributed by atoms with van der Waals surface area (Å²) in [5.41, 5.74) is 1.42. The van der Waals surface area contributed by atoms with Crippen molar-refractivity contribution >= 4 is 29.2 Å². The minimum absolute atomic E-state index is 0.00650. The molecule has 0 atom stereocenters. The van der Waals surface area contributed by atoms with Gasteiger partial charge in [-0.3, -0.25) is 19.3 Å². The molecule has 0 aliphatic heterocycles. The van der Waals surface area contributed by atoms with Crippen molar-refractivity contribution in [2.45, 2.75) is 6.92 Å². The van der Waals surface area contributed by atoms with Crippen LogP contribution in [0.3, 0.4) is 0 Å². The highest BCUT2D eigenvalue weighted by atomic mass is 16.5. The number of hydrogen-bond donors (Lipinski definition) is 2. The highest BCUT2D eigenvalue weighted by Crippen LogP contribution is 2.17. The third-order valence-electron chi connectivity index (χ3n) is 3.60. The maximum absolute atomic E-state index is 12.5. The molecule has 2 aromatic rings. The summed E-state index contributed by atoms with van der Waals surface area (Å²) in [5, 5.41) is 5.51. The van der Waals surface area contributed by atoms with E-state index in [2.05, 4.69) is 10.6 Å². The van der Waals surface area contributed by atoms with Gasteiger partial charge in [-0.25, -0.2) is 0 Å². The SMILES string of the molecule is CCOC(=O)CN(C)CC(=O)Nc1ccccc1C(=O)Nc1ccccc1. The standard InChI is InChI=1S/C20H23N3O4/c1-3-27-19(25)14-23(2)13-18(24)22-17-12-8-7-11-16(17)20(26)21-15-9-5-4-6-10-15/h4-12H,3,13-14H2,1-2H3,(H,21,26)(H,22,24). The molecule has 2 N–H and O–H groups in total. The van der Waals surface area contributed by atoms with Crippen molar-refractivity contribution in [1.29, 1.82) is 0 Å². The van der Waals surface area contributed by atoms with Gasteiger partial charge in [-0.1, -0.05) is 30.3 Å². The number of nitrogens with one attached hydrogen (secondary N) is 2. The monoisotopic (exact) mass is 369 g/mol. The molecule has 0 aliphatic carbocycles. The highest BCUT2D eigenvalue weighted by molar-refractivity contribution is 6.10. The smallest absolute Gasteiger partial charge is 0.320 e. The Bertz CT molecular complexity index is 793. The maximum atomic E-state index is 12.5. The van der Waals surface area contributed by atoms with E-state index in [1.807, 2.05) is 18.2 Å². The quantitative estimate of drug-likeness (QED) is 0.698. The van der Waals surface area contributed by atoms with Gasteiger partial charge in [0, 0.05) is 5.69 Å². The molecule has 142 valence electrons. The third kappa shape index (κ3) is 6.56. The highest BCUT2D eigenvalue weighted by Gasteiger charge is 2.15. The first kappa shape index (κ1) is 20.1. The number of anilines is 2. The summed E-state index contributed by atoms with van der Waals surface area (Å²) in [6, 6.07) is 15.8. The molecule has 7 heteroatoms. The second kappa shape index (κ2) is 10.1. The normalized spacial score (nSPS) is 10.3. The summed E-state index contributed by atoms with van der Waals surface area (Å²) in [5.74, 6) is -1.05. The lowest BCUT2D eigenvalue weighted by Gasteiger charge is -2.16. The number of likely N-dealkylation sites (N-methyl/N-ethyl adjacent to an activating group) is 1. The number of benzene rings is 2. The Morgan fingerprint density at radius 3 is 2.30 bits per heavy atom. The van der Waals surface area contributed by atoms with E-state index >= 15 is 0 Å². The number of hydrogen-bond acceptors (Lipinski definition) is 5. The molecule has 0 spiro atoms. The van der Waals surface area contributed by atoms with Gasteiger partial charge in [-0.2, -0.15) is 0 Å². The molecule has 0 saturated heterocycles. The number of para-hydroxylation sites is 2. The molecule has 0 saturated carbocycles. The predicted octanol–water partition coefficient (Wildman–Crippen LogP) is 2.37. The van der Waals surface area contributed by atoms with Crippen molar-refractivity contribution in [3.63, 3.8) is 0 Å². The zero-order valence-electron chi connectivity index (χ0n) is 15.4. The lowest BCUT2D eigenvalue weighted by Crippen LogP contribution is -2.35. The van der Waals surface area contributed by atoms with Gasteiger partial charge in [0.25, 0.3) is 5.91 Å². The summed E-state index contributed by atoms with van der Waals surface area (Å²) in [6.07, 6.45) is 0. The lowest BCUT2D eigenvalue weighted by molar-refractivity contribution is -0.144. The topological polar surface area (TPSA) is 87.7 Å². The van der Waals surface area contributed by atoms with Gasteiger partial charge in [0.2, 0.25) is 5.91 Å². The van der Waals surface area contributed by atoms with Gasteiger partial charge in [0.15, 0.2) is 0 Å². The first-order chi connectivity index (χ1) is 13.0. The fourth-order valence-electron chi connectivity index (χ4n) is 2.43. The Morgan fingerprint density at radius 1 is 0.926 bits per heavy atom. The fraction of sp³-hybridized carbons (Fsp3) is 0.250. The van der Waals surface area contributed by atoms with E-state index in [0.29, 0.717) is 23.5 Å². The first-order valence-corrected chi connectivity index (χ1v) is 8.59. The van der Waals surface area contributed by atoms with E-state index in [1.165, 1.54) is 0 Å². The van der Waals surface area contributed by atoms with E-state index in [9.17, 15) is 14.4 Å². The molecule has 0 heterocycles. The number of nitrogens with zero attached hydrogens (tertiary/aromatic N) is 1. The van der Waals surface area contributed by atoms with Crippen molar-refractivity contribution in [1.82, 2.24) is 4.90 Å². The fourth-order valence-corrected chi connectivity index (χ4v) is 2.43. The Kier molecular flexibility index (Phi) is 7.51. The Labute approximate surface area is 158 Å². The molecule has 27 heavy (non-hydrogen) atoms. The van der Waals surface area contributed by atoms with Crippen LogP contribution in [0.4, 0.5) is 11.4 Å². The van der Waals surface area contributed by atoms with Crippen molar-refractivity contribution in [3.05, 3.63) is 60.2 Å². The average molecular weight is 369 g/mol. The first-order valence-electron chi connectivity index (χ1n) is 8.59. The molecule has 7 nitrogen and oxygen atoms in total. The molecule has 2 rings (SSSR count). The Hall–Kier alpha value is -3.19. The summed E-state index contributed by atoms with van der Waals surface area (Å²) in [6.45, 7) is 2.02. The van der Waals surface area contributed by atoms with Crippen LogP contribution in [0.15, 0.2) is 54.6 Å². The molecule has 2 amide bonds. The van der Waals surface area contributed by atoms with Gasteiger partial charge in [-0.05, 0) is 38.2 Å². The molecular weight excluding hydrogens is 346 g/mol. The molecule has 0 radical (unpaired) electrons. The van der Waals surface area contributed by atoms with Crippen LogP contribution >= 0.6 is 0 Å². The minimum atomic E-state index is -0.393. The number of ether oxygens (including phenoxy) is 1. The zero-order valence-corrected chi connectivity index (χ0v) is 15.4. The molecule has 0 unspecified atom stereocenters. The van der Waals surface area contributed by atoms with Crippen LogP contribution in [0, 0.1) is 0 Å². The number of amides is 2. The van der Waals surface area contributed by atoms with Gasteiger partial charge in [-0.15, -0.1) is 0 Å². The zero-order chi connectivity index (χ0) is 19.6. The molecule has 0 fully saturated rings. The van der Waals surface area contributed by atoms with E-state index in [0.717, 1.165) is 0 Å². The molecule has 0 aromatic heterocycles. The third-order valence-corrected chi connectivity index (χ3v) is 3.60. The van der Waals surface area contributed by atoms with E-state index < -0.39 is 5.97 Å². The van der Waals surface area contributed by atoms with Crippen molar-refractivity contribution in [2.24, 2.45) is 0 Å². The van der Waals surface area contributed by atoms with Gasteiger partial charge >= 0.3 is 5.97 Å². The summed E-state index contributed by atoms with van der Waals surface area (Å²) in [4.78, 5) is 37.8. The largest absolute Gasteiger partial charge is 0.465 e. The second-order valence-electron chi connectivity index (χ2n) is 5.89. The second-order valence-corrected chi connectivity index (χ2v) is 5.89. The molecule has 2 aromatic carbocycles. The van der Waals surface area contributed by atoms with Crippen LogP contribution in [0.25, 0.3) is 0 Å². The number of esters is 1. The summed E-state index contributed by atoms with van der Waals surface area (Å²) >= 11 is 0. The van der Waals surface area contributed by atoms with Gasteiger partial charge in [0.1, 0.15) is 0 Å². The Balaban J connectivity index is 1.99. The number of carbonyl (C=O) groups excluding carboxylic acids is 3. The van der Waals surface area contributed by atoms with Crippen LogP contribution in [0.1, 0.15) is 17.3 Å². The summed E-state index contributed by atoms with van der Waals surface area (Å²) < 4.78 is 4.85. The van der Waals surface area contributed by atoms with Crippen LogP contribution in [0.5, 0.6) is 0 Å². The van der Waals surface area contributed by atoms with E-state index in [-0.39, 0.29) is 24.9 Å². The lowest BCUT2D eigenvalue weighted by atomic mass is 10.1. The predicted molar refractivity (Wildman–Crippen MR) is 104 cm³/mol. The Morgan fingerprint density at radius 2 is 1.59 bits per heavy atom. The van der Waals surface area contributed by atoms with E-state index in [1.54, 1.807) is 55.3 Å². The van der Waals surface area contributed by atoms with Gasteiger partial charge < -0.3 is 15.4 Å². The number of rotatable bonds is 8. The van der Waals surface area contributed by atoms with Crippen LogP contribution < -0.4 is 10.6 Å². The van der Waals surface area contributed by atoms with Crippen LogP contribution in [0.2, 0.25) is 0 Å². The minimum Gasteiger partial charge on any atom is -0.465 e. The van der Waals surface area contributed by atoms with Gasteiger partial charge in [0.05, 0.1) is 30.9 Å². The van der Waals surface area contributed by atoms with Crippen LogP contribution in [-0.4, -0.2) is 49.4 Å². The van der Waals surface area contributed by atoms with Crippen molar-refractivity contribution in [2.75, 3.05) is 37.4 Å². The maximum Gasteiger partial charge on any atom is 0.320 e. The average Bonchev–Trinajstić information content (AvgIpc) is 2.62. The molecular formula is C20H23N3O4. The van der Waals surface area contributed by atoms with Crippen molar-refractivity contribution < 1.29 is 19.1 Å². The molecule has 0 bridgehead atoms. The number of carbonyl (C=O) groups is 3.